The molecule has 0 aliphatic heterocycles. The van der Waals surface area contributed by atoms with Crippen molar-refractivity contribution in [2.75, 3.05) is 11.9 Å². The highest BCUT2D eigenvalue weighted by Crippen LogP contribution is 2.29. The number of alkyl halides is 3. The summed E-state index contributed by atoms with van der Waals surface area (Å²) in [6.07, 6.45) is -3.09. The van der Waals surface area contributed by atoms with E-state index in [0.717, 1.165) is 5.69 Å². The number of hydrogen-bond donors (Lipinski definition) is 1. The van der Waals surface area contributed by atoms with Crippen molar-refractivity contribution in [2.24, 2.45) is 0 Å². The highest BCUT2D eigenvalue weighted by molar-refractivity contribution is 5.61. The second-order valence-corrected chi connectivity index (χ2v) is 4.18. The van der Waals surface area contributed by atoms with Crippen LogP contribution in [0.5, 0.6) is 0 Å². The van der Waals surface area contributed by atoms with Crippen molar-refractivity contribution >= 4 is 5.82 Å². The first-order valence-electron chi connectivity index (χ1n) is 6.03. The van der Waals surface area contributed by atoms with Gasteiger partial charge in [0, 0.05) is 30.1 Å². The van der Waals surface area contributed by atoms with Gasteiger partial charge in [0.1, 0.15) is 5.82 Å². The molecule has 2 rings (SSSR count). The Bertz CT molecular complexity index is 594. The van der Waals surface area contributed by atoms with Crippen molar-refractivity contribution in [1.29, 1.82) is 0 Å². The molecule has 106 valence electrons. The van der Waals surface area contributed by atoms with E-state index in [-0.39, 0.29) is 11.5 Å². The molecule has 0 atom stereocenters. The Morgan fingerprint density at radius 1 is 1.20 bits per heavy atom. The fraction of sp³-hybridized carbons (Fsp3) is 0.308. The summed E-state index contributed by atoms with van der Waals surface area (Å²) in [6, 6.07) is 4.88. The largest absolute Gasteiger partial charge is 0.451 e. The molecule has 2 aromatic heterocycles. The molecule has 20 heavy (non-hydrogen) atoms. The number of nitrogens with zero attached hydrogens (tertiary/aromatic N) is 3. The van der Waals surface area contributed by atoms with Crippen LogP contribution in [-0.2, 0) is 6.18 Å². The second kappa shape index (κ2) is 5.44. The molecule has 0 aliphatic carbocycles. The quantitative estimate of drug-likeness (QED) is 0.938. The first-order valence-corrected chi connectivity index (χ1v) is 6.03. The number of halogens is 3. The predicted octanol–water partition coefficient (Wildman–Crippen LogP) is 3.30. The fourth-order valence-corrected chi connectivity index (χ4v) is 1.61. The lowest BCUT2D eigenvalue weighted by atomic mass is 10.2. The SMILES string of the molecule is CCNc1cc(-c2ccc(C)nc2)nc(C(F)(F)F)n1. The molecule has 0 radical (unpaired) electrons. The lowest BCUT2D eigenvalue weighted by Gasteiger charge is -2.11. The molecule has 1 N–H and O–H groups in total. The zero-order valence-corrected chi connectivity index (χ0v) is 11.0. The molecular weight excluding hydrogens is 269 g/mol. The number of aryl methyl sites for hydroxylation is 1. The van der Waals surface area contributed by atoms with E-state index in [0.29, 0.717) is 12.1 Å². The molecule has 0 aromatic carbocycles. The first-order chi connectivity index (χ1) is 9.40. The Morgan fingerprint density at radius 2 is 1.95 bits per heavy atom. The van der Waals surface area contributed by atoms with Gasteiger partial charge in [-0.25, -0.2) is 9.97 Å². The van der Waals surface area contributed by atoms with Gasteiger partial charge in [0.05, 0.1) is 5.69 Å². The summed E-state index contributed by atoms with van der Waals surface area (Å²) in [5.74, 6) is -1.02. The zero-order chi connectivity index (χ0) is 14.8. The van der Waals surface area contributed by atoms with Crippen LogP contribution in [0.2, 0.25) is 0 Å². The average molecular weight is 282 g/mol. The molecule has 0 bridgehead atoms. The topological polar surface area (TPSA) is 50.7 Å². The smallest absolute Gasteiger partial charge is 0.370 e. The Morgan fingerprint density at radius 3 is 2.50 bits per heavy atom. The molecular formula is C13H13F3N4. The Balaban J connectivity index is 2.51. The predicted molar refractivity (Wildman–Crippen MR) is 69.2 cm³/mol. The minimum atomic E-state index is -4.59. The third-order valence-corrected chi connectivity index (χ3v) is 2.54. The summed E-state index contributed by atoms with van der Waals surface area (Å²) in [7, 11) is 0. The van der Waals surface area contributed by atoms with Crippen LogP contribution < -0.4 is 5.32 Å². The van der Waals surface area contributed by atoms with Gasteiger partial charge in [-0.2, -0.15) is 13.2 Å². The average Bonchev–Trinajstić information content (AvgIpc) is 2.38. The number of pyridine rings is 1. The van der Waals surface area contributed by atoms with E-state index in [1.54, 1.807) is 26.0 Å². The Kier molecular flexibility index (Phi) is 3.87. The van der Waals surface area contributed by atoms with Gasteiger partial charge >= 0.3 is 6.18 Å². The molecule has 2 aromatic rings. The number of aromatic nitrogens is 3. The van der Waals surface area contributed by atoms with Crippen molar-refractivity contribution in [1.82, 2.24) is 15.0 Å². The third-order valence-electron chi connectivity index (χ3n) is 2.54. The van der Waals surface area contributed by atoms with Gasteiger partial charge in [0.25, 0.3) is 0 Å². The molecule has 0 fully saturated rings. The summed E-state index contributed by atoms with van der Waals surface area (Å²) in [5, 5.41) is 2.77. The van der Waals surface area contributed by atoms with Crippen LogP contribution in [0.4, 0.5) is 19.0 Å². The van der Waals surface area contributed by atoms with Gasteiger partial charge < -0.3 is 5.32 Å². The van der Waals surface area contributed by atoms with E-state index in [1.165, 1.54) is 12.3 Å². The molecule has 2 heterocycles. The molecule has 0 amide bonds. The van der Waals surface area contributed by atoms with Gasteiger partial charge in [0.15, 0.2) is 0 Å². The van der Waals surface area contributed by atoms with E-state index in [9.17, 15) is 13.2 Å². The zero-order valence-electron chi connectivity index (χ0n) is 11.0. The summed E-state index contributed by atoms with van der Waals surface area (Å²) < 4.78 is 38.4. The van der Waals surface area contributed by atoms with Gasteiger partial charge in [-0.1, -0.05) is 0 Å². The summed E-state index contributed by atoms with van der Waals surface area (Å²) in [4.78, 5) is 11.1. The maximum atomic E-state index is 12.8. The van der Waals surface area contributed by atoms with Gasteiger partial charge in [-0.05, 0) is 26.0 Å². The van der Waals surface area contributed by atoms with E-state index < -0.39 is 12.0 Å². The van der Waals surface area contributed by atoms with Gasteiger partial charge in [-0.15, -0.1) is 0 Å². The van der Waals surface area contributed by atoms with Crippen molar-refractivity contribution in [3.63, 3.8) is 0 Å². The molecule has 7 heteroatoms. The molecule has 4 nitrogen and oxygen atoms in total. The fourth-order valence-electron chi connectivity index (χ4n) is 1.61. The van der Waals surface area contributed by atoms with Crippen LogP contribution >= 0.6 is 0 Å². The monoisotopic (exact) mass is 282 g/mol. The maximum absolute atomic E-state index is 12.8. The lowest BCUT2D eigenvalue weighted by Crippen LogP contribution is -2.13. The Labute approximate surface area is 114 Å². The number of rotatable bonds is 3. The van der Waals surface area contributed by atoms with Crippen LogP contribution in [0, 0.1) is 6.92 Å². The van der Waals surface area contributed by atoms with Gasteiger partial charge in [0.2, 0.25) is 5.82 Å². The highest BCUT2D eigenvalue weighted by atomic mass is 19.4. The minimum Gasteiger partial charge on any atom is -0.370 e. The summed E-state index contributed by atoms with van der Waals surface area (Å²) in [6.45, 7) is 4.05. The van der Waals surface area contributed by atoms with Gasteiger partial charge in [-0.3, -0.25) is 4.98 Å². The normalized spacial score (nSPS) is 11.4. The number of nitrogens with one attached hydrogen (secondary N) is 1. The van der Waals surface area contributed by atoms with Crippen molar-refractivity contribution < 1.29 is 13.2 Å². The molecule has 0 unspecified atom stereocenters. The summed E-state index contributed by atoms with van der Waals surface area (Å²) >= 11 is 0. The van der Waals surface area contributed by atoms with Crippen molar-refractivity contribution in [3.8, 4) is 11.3 Å². The lowest BCUT2D eigenvalue weighted by molar-refractivity contribution is -0.144. The molecule has 0 saturated heterocycles. The van der Waals surface area contributed by atoms with E-state index in [1.807, 2.05) is 0 Å². The maximum Gasteiger partial charge on any atom is 0.451 e. The first kappa shape index (κ1) is 14.2. The van der Waals surface area contributed by atoms with Crippen LogP contribution in [0.1, 0.15) is 18.4 Å². The van der Waals surface area contributed by atoms with E-state index in [4.69, 9.17) is 0 Å². The standard InChI is InChI=1S/C13H13F3N4/c1-3-17-11-6-10(9-5-4-8(2)18-7-9)19-12(20-11)13(14,15)16/h4-7H,3H2,1-2H3,(H,17,19,20). The molecule has 0 spiro atoms. The van der Waals surface area contributed by atoms with Crippen LogP contribution in [0.25, 0.3) is 11.3 Å². The minimum absolute atomic E-state index is 0.144. The van der Waals surface area contributed by atoms with Crippen LogP contribution in [-0.4, -0.2) is 21.5 Å². The Hall–Kier alpha value is -2.18. The number of hydrogen-bond acceptors (Lipinski definition) is 4. The van der Waals surface area contributed by atoms with Crippen LogP contribution in [0.3, 0.4) is 0 Å². The van der Waals surface area contributed by atoms with Crippen LogP contribution in [0.15, 0.2) is 24.4 Å². The summed E-state index contributed by atoms with van der Waals surface area (Å²) in [5.41, 5.74) is 1.49. The molecule has 0 aliphatic rings. The van der Waals surface area contributed by atoms with E-state index >= 15 is 0 Å². The highest BCUT2D eigenvalue weighted by Gasteiger charge is 2.35. The molecule has 0 saturated carbocycles. The van der Waals surface area contributed by atoms with Crippen molar-refractivity contribution in [3.05, 3.63) is 35.9 Å². The second-order valence-electron chi connectivity index (χ2n) is 4.18. The number of anilines is 1. The van der Waals surface area contributed by atoms with Crippen molar-refractivity contribution in [2.45, 2.75) is 20.0 Å². The van der Waals surface area contributed by atoms with E-state index in [2.05, 4.69) is 20.3 Å². The third kappa shape index (κ3) is 3.23.